The molecule has 0 radical (unpaired) electrons. The van der Waals surface area contributed by atoms with Crippen molar-refractivity contribution in [2.24, 2.45) is 5.92 Å². The van der Waals surface area contributed by atoms with Gasteiger partial charge in [-0.2, -0.15) is 0 Å². The predicted octanol–water partition coefficient (Wildman–Crippen LogP) is 1.15. The summed E-state index contributed by atoms with van der Waals surface area (Å²) in [5, 5.41) is 3.00. The first-order valence-corrected chi connectivity index (χ1v) is 7.52. The van der Waals surface area contributed by atoms with Gasteiger partial charge in [-0.25, -0.2) is 4.79 Å². The molecule has 1 N–H and O–H groups in total. The zero-order chi connectivity index (χ0) is 13.7. The van der Waals surface area contributed by atoms with Gasteiger partial charge in [-0.15, -0.1) is 0 Å². The minimum Gasteiger partial charge on any atom is -0.374 e. The molecule has 0 bridgehead atoms. The number of morpholine rings is 1. The maximum Gasteiger partial charge on any atom is 0.317 e. The van der Waals surface area contributed by atoms with Crippen LogP contribution in [-0.2, 0) is 4.74 Å². The number of rotatable bonds is 4. The summed E-state index contributed by atoms with van der Waals surface area (Å²) in [5.41, 5.74) is 0. The van der Waals surface area contributed by atoms with Gasteiger partial charge in [0.15, 0.2) is 0 Å². The van der Waals surface area contributed by atoms with E-state index in [0.29, 0.717) is 12.5 Å². The van der Waals surface area contributed by atoms with Crippen LogP contribution in [0, 0.1) is 5.92 Å². The molecule has 0 spiro atoms. The van der Waals surface area contributed by atoms with Crippen molar-refractivity contribution >= 4 is 6.03 Å². The average Bonchev–Trinajstić information content (AvgIpc) is 2.89. The number of amides is 2. The third kappa shape index (κ3) is 4.66. The van der Waals surface area contributed by atoms with E-state index in [4.69, 9.17) is 4.74 Å². The molecule has 2 saturated heterocycles. The van der Waals surface area contributed by atoms with Gasteiger partial charge in [-0.3, -0.25) is 4.90 Å². The van der Waals surface area contributed by atoms with E-state index < -0.39 is 0 Å². The van der Waals surface area contributed by atoms with Gasteiger partial charge in [-0.1, -0.05) is 13.8 Å². The summed E-state index contributed by atoms with van der Waals surface area (Å²) in [6.45, 7) is 10.7. The van der Waals surface area contributed by atoms with Crippen molar-refractivity contribution in [3.05, 3.63) is 0 Å². The highest BCUT2D eigenvalue weighted by Crippen LogP contribution is 2.09. The van der Waals surface area contributed by atoms with Crippen LogP contribution >= 0.6 is 0 Å². The van der Waals surface area contributed by atoms with E-state index in [1.54, 1.807) is 0 Å². The van der Waals surface area contributed by atoms with E-state index in [2.05, 4.69) is 24.1 Å². The molecule has 5 heteroatoms. The Balaban J connectivity index is 1.68. The number of carbonyl (C=O) groups is 1. The lowest BCUT2D eigenvalue weighted by molar-refractivity contribution is -0.0293. The molecule has 0 saturated carbocycles. The van der Waals surface area contributed by atoms with Crippen LogP contribution in [0.25, 0.3) is 0 Å². The molecule has 110 valence electrons. The summed E-state index contributed by atoms with van der Waals surface area (Å²) in [5.74, 6) is 0.679. The zero-order valence-electron chi connectivity index (χ0n) is 12.2. The molecule has 2 aliphatic rings. The molecule has 0 aromatic heterocycles. The first-order valence-electron chi connectivity index (χ1n) is 7.52. The van der Waals surface area contributed by atoms with Crippen molar-refractivity contribution in [2.45, 2.75) is 32.8 Å². The lowest BCUT2D eigenvalue weighted by atomic mass is 10.2. The second kappa shape index (κ2) is 7.10. The van der Waals surface area contributed by atoms with Crippen molar-refractivity contribution in [1.29, 1.82) is 0 Å². The predicted molar refractivity (Wildman–Crippen MR) is 75.2 cm³/mol. The van der Waals surface area contributed by atoms with Crippen LogP contribution in [-0.4, -0.2) is 67.8 Å². The summed E-state index contributed by atoms with van der Waals surface area (Å²) in [6.07, 6.45) is 2.41. The van der Waals surface area contributed by atoms with Gasteiger partial charge in [0.2, 0.25) is 0 Å². The Bertz CT molecular complexity index is 290. The Kier molecular flexibility index (Phi) is 5.45. The van der Waals surface area contributed by atoms with Gasteiger partial charge in [0.05, 0.1) is 12.7 Å². The van der Waals surface area contributed by atoms with Crippen LogP contribution < -0.4 is 5.32 Å². The van der Waals surface area contributed by atoms with Crippen molar-refractivity contribution in [3.63, 3.8) is 0 Å². The first-order chi connectivity index (χ1) is 9.15. The number of likely N-dealkylation sites (tertiary alicyclic amines) is 1. The SMILES string of the molecule is CC(C)CN1CCOC(CNC(=O)N2CCCC2)C1. The number of urea groups is 1. The average molecular weight is 269 g/mol. The molecule has 0 aromatic carbocycles. The van der Waals surface area contributed by atoms with Crippen molar-refractivity contribution in [1.82, 2.24) is 15.1 Å². The monoisotopic (exact) mass is 269 g/mol. The molecule has 2 amide bonds. The summed E-state index contributed by atoms with van der Waals surface area (Å²) in [7, 11) is 0. The standard InChI is InChI=1S/C14H27N3O2/c1-12(2)10-16-7-8-19-13(11-16)9-15-14(18)17-5-3-4-6-17/h12-13H,3-11H2,1-2H3,(H,15,18). The smallest absolute Gasteiger partial charge is 0.317 e. The van der Waals surface area contributed by atoms with E-state index >= 15 is 0 Å². The number of nitrogens with zero attached hydrogens (tertiary/aromatic N) is 2. The molecule has 1 atom stereocenters. The largest absolute Gasteiger partial charge is 0.374 e. The number of carbonyl (C=O) groups excluding carboxylic acids is 1. The summed E-state index contributed by atoms with van der Waals surface area (Å²) in [6, 6.07) is 0.0714. The third-order valence-electron chi connectivity index (χ3n) is 3.72. The fourth-order valence-corrected chi connectivity index (χ4v) is 2.82. The maximum atomic E-state index is 11.9. The normalized spacial score (nSPS) is 25.0. The Morgan fingerprint density at radius 2 is 2.05 bits per heavy atom. The molecule has 19 heavy (non-hydrogen) atoms. The molecule has 1 unspecified atom stereocenters. The molecule has 2 heterocycles. The van der Waals surface area contributed by atoms with Crippen LogP contribution in [0.2, 0.25) is 0 Å². The first kappa shape index (κ1) is 14.6. The molecular weight excluding hydrogens is 242 g/mol. The van der Waals surface area contributed by atoms with Crippen LogP contribution in [0.15, 0.2) is 0 Å². The Morgan fingerprint density at radius 3 is 2.74 bits per heavy atom. The van der Waals surface area contributed by atoms with Gasteiger partial charge in [0.25, 0.3) is 0 Å². The fraction of sp³-hybridized carbons (Fsp3) is 0.929. The van der Waals surface area contributed by atoms with Crippen LogP contribution in [0.5, 0.6) is 0 Å². The minimum atomic E-state index is 0.0714. The lowest BCUT2D eigenvalue weighted by Gasteiger charge is -2.34. The highest BCUT2D eigenvalue weighted by Gasteiger charge is 2.23. The Morgan fingerprint density at radius 1 is 1.32 bits per heavy atom. The molecule has 2 aliphatic heterocycles. The summed E-state index contributed by atoms with van der Waals surface area (Å²) in [4.78, 5) is 16.2. The van der Waals surface area contributed by atoms with Gasteiger partial charge < -0.3 is 15.0 Å². The van der Waals surface area contributed by atoms with E-state index in [9.17, 15) is 4.79 Å². The molecule has 0 aliphatic carbocycles. The summed E-state index contributed by atoms with van der Waals surface area (Å²) >= 11 is 0. The van der Waals surface area contributed by atoms with E-state index in [1.807, 2.05) is 4.90 Å². The van der Waals surface area contributed by atoms with Crippen LogP contribution in [0.3, 0.4) is 0 Å². The van der Waals surface area contributed by atoms with Gasteiger partial charge >= 0.3 is 6.03 Å². The lowest BCUT2D eigenvalue weighted by Crippen LogP contribution is -2.50. The van der Waals surface area contributed by atoms with Crippen LogP contribution in [0.4, 0.5) is 4.79 Å². The van der Waals surface area contributed by atoms with Gasteiger partial charge in [-0.05, 0) is 18.8 Å². The molecule has 5 nitrogen and oxygen atoms in total. The second-order valence-corrected chi connectivity index (χ2v) is 6.03. The summed E-state index contributed by atoms with van der Waals surface area (Å²) < 4.78 is 5.73. The van der Waals surface area contributed by atoms with E-state index in [0.717, 1.165) is 52.2 Å². The molecule has 2 fully saturated rings. The third-order valence-corrected chi connectivity index (χ3v) is 3.72. The van der Waals surface area contributed by atoms with Crippen molar-refractivity contribution < 1.29 is 9.53 Å². The second-order valence-electron chi connectivity index (χ2n) is 6.03. The Labute approximate surface area is 116 Å². The number of nitrogens with one attached hydrogen (secondary N) is 1. The number of ether oxygens (including phenoxy) is 1. The Hall–Kier alpha value is -0.810. The quantitative estimate of drug-likeness (QED) is 0.832. The molecule has 2 rings (SSSR count). The maximum absolute atomic E-state index is 11.9. The van der Waals surface area contributed by atoms with E-state index in [1.165, 1.54) is 0 Å². The zero-order valence-corrected chi connectivity index (χ0v) is 12.2. The highest BCUT2D eigenvalue weighted by molar-refractivity contribution is 5.74. The highest BCUT2D eigenvalue weighted by atomic mass is 16.5. The van der Waals surface area contributed by atoms with Gasteiger partial charge in [0, 0.05) is 39.3 Å². The minimum absolute atomic E-state index is 0.0714. The molecule has 0 aromatic rings. The van der Waals surface area contributed by atoms with Crippen LogP contribution in [0.1, 0.15) is 26.7 Å². The van der Waals surface area contributed by atoms with Crippen molar-refractivity contribution in [2.75, 3.05) is 45.9 Å². The van der Waals surface area contributed by atoms with Crippen molar-refractivity contribution in [3.8, 4) is 0 Å². The topological polar surface area (TPSA) is 44.8 Å². The van der Waals surface area contributed by atoms with Gasteiger partial charge in [0.1, 0.15) is 0 Å². The van der Waals surface area contributed by atoms with E-state index in [-0.39, 0.29) is 12.1 Å². The molecular formula is C14H27N3O2. The fourth-order valence-electron chi connectivity index (χ4n) is 2.82. The number of hydrogen-bond donors (Lipinski definition) is 1. The number of hydrogen-bond acceptors (Lipinski definition) is 3.